The number of carbonyl (C=O) groups excluding carboxylic acids is 1. The zero-order chi connectivity index (χ0) is 39.2. The molecular weight excluding hydrogens is 723 g/mol. The Morgan fingerprint density at radius 3 is 1.58 bits per heavy atom. The first-order chi connectivity index (χ1) is 28.0. The summed E-state index contributed by atoms with van der Waals surface area (Å²) in [6, 6.07) is 48.8. The first-order valence-corrected chi connectivity index (χ1v) is 18.9. The fourth-order valence-corrected chi connectivity index (χ4v) is 6.66. The smallest absolute Gasteiger partial charge is 0.351 e. The number of hydrogen-bond donors (Lipinski definition) is 2. The minimum Gasteiger partial charge on any atom is -0.386 e. The number of aromatic nitrogens is 2. The Hall–Kier alpha value is -5.79. The molecule has 0 unspecified atom stereocenters. The average molecular weight is 768 g/mol. The van der Waals surface area contributed by atoms with Crippen LogP contribution >= 0.6 is 0 Å². The summed E-state index contributed by atoms with van der Waals surface area (Å²) in [6.45, 7) is 0.785. The molecule has 6 aromatic rings. The summed E-state index contributed by atoms with van der Waals surface area (Å²) in [4.78, 5) is 30.9. The lowest BCUT2D eigenvalue weighted by molar-refractivity contribution is -0.185. The second-order valence-corrected chi connectivity index (χ2v) is 13.7. The van der Waals surface area contributed by atoms with Crippen LogP contribution in [0.1, 0.15) is 38.8 Å². The zero-order valence-corrected chi connectivity index (χ0v) is 31.3. The highest BCUT2D eigenvalue weighted by atomic mass is 16.6. The zero-order valence-electron chi connectivity index (χ0n) is 31.3. The fourth-order valence-electron chi connectivity index (χ4n) is 6.66. The van der Waals surface area contributed by atoms with Crippen molar-refractivity contribution in [3.8, 4) is 0 Å². The van der Waals surface area contributed by atoms with Gasteiger partial charge >= 0.3 is 5.69 Å². The van der Waals surface area contributed by atoms with Crippen molar-refractivity contribution in [2.75, 3.05) is 11.9 Å². The third-order valence-electron chi connectivity index (χ3n) is 9.59. The van der Waals surface area contributed by atoms with Crippen molar-refractivity contribution in [3.05, 3.63) is 202 Å². The molecule has 1 aromatic heterocycles. The Balaban J connectivity index is 1.26. The summed E-state index contributed by atoms with van der Waals surface area (Å²) in [5.74, 6) is -0.381. The van der Waals surface area contributed by atoms with Gasteiger partial charge in [0.25, 0.3) is 5.91 Å². The summed E-state index contributed by atoms with van der Waals surface area (Å²) in [5.41, 5.74) is 3.30. The maximum atomic E-state index is 13.9. The first-order valence-electron chi connectivity index (χ1n) is 18.9. The van der Waals surface area contributed by atoms with E-state index < -0.39 is 48.3 Å². The third kappa shape index (κ3) is 10.7. The largest absolute Gasteiger partial charge is 0.386 e. The van der Waals surface area contributed by atoms with E-state index in [0.29, 0.717) is 5.56 Å². The number of nitrogens with zero attached hydrogens (tertiary/aromatic N) is 2. The van der Waals surface area contributed by atoms with Gasteiger partial charge in [-0.3, -0.25) is 9.36 Å². The number of rotatable bonds is 16. The van der Waals surface area contributed by atoms with Crippen molar-refractivity contribution in [2.24, 2.45) is 0 Å². The van der Waals surface area contributed by atoms with Gasteiger partial charge < -0.3 is 34.1 Å². The molecule has 6 atom stereocenters. The van der Waals surface area contributed by atoms with Gasteiger partial charge in [-0.05, 0) is 40.5 Å². The van der Waals surface area contributed by atoms with E-state index in [1.165, 1.54) is 16.8 Å². The van der Waals surface area contributed by atoms with Crippen molar-refractivity contribution in [2.45, 2.75) is 63.2 Å². The van der Waals surface area contributed by atoms with Crippen LogP contribution in [0.4, 0.5) is 5.82 Å². The standard InChI is InChI=1S/C46H45N3O8/c50-40-42(55-30-35-20-10-3-11-21-35)43(56-31-36-22-12-4-13-23-36)41(54-29-34-18-8-2-9-19-34)38(32-53-28-33-16-6-1-7-17-33)57-45(40)49-27-26-39(48-46(49)52)47-44(51)37-24-14-5-15-25-37/h1-27,38,40-43,45,50H,28-32H2,(H,47,48,51,52)/t38-,40-,41+,42+,43+,45-/m1/s1. The second-order valence-electron chi connectivity index (χ2n) is 13.7. The predicted molar refractivity (Wildman–Crippen MR) is 214 cm³/mol. The molecule has 1 fully saturated rings. The van der Waals surface area contributed by atoms with E-state index in [2.05, 4.69) is 10.3 Å². The van der Waals surface area contributed by atoms with Crippen molar-refractivity contribution in [3.63, 3.8) is 0 Å². The SMILES string of the molecule is O=C(Nc1ccn([C@@H]2O[C@H](COCc3ccccc3)[C@H](OCc3ccccc3)[C@H](OCc3ccccc3)[C@@H](OCc3ccccc3)[C@H]2O)c(=O)n1)c1ccccc1. The Morgan fingerprint density at radius 2 is 1.07 bits per heavy atom. The molecule has 57 heavy (non-hydrogen) atoms. The van der Waals surface area contributed by atoms with Gasteiger partial charge in [-0.15, -0.1) is 0 Å². The fraction of sp³-hybridized carbons (Fsp3) is 0.239. The summed E-state index contributed by atoms with van der Waals surface area (Å²) < 4.78 is 34.3. The molecule has 0 bridgehead atoms. The van der Waals surface area contributed by atoms with Crippen LogP contribution in [0, 0.1) is 0 Å². The number of aliphatic hydroxyl groups excluding tert-OH is 1. The Morgan fingerprint density at radius 1 is 0.614 bits per heavy atom. The van der Waals surface area contributed by atoms with E-state index in [1.54, 1.807) is 30.3 Å². The number of aliphatic hydroxyl groups is 1. The number of hydrogen-bond acceptors (Lipinski definition) is 9. The molecule has 0 spiro atoms. The molecule has 2 N–H and O–H groups in total. The molecular formula is C46H45N3O8. The highest BCUT2D eigenvalue weighted by Crippen LogP contribution is 2.34. The number of amides is 1. The highest BCUT2D eigenvalue weighted by Gasteiger charge is 2.49. The summed E-state index contributed by atoms with van der Waals surface area (Å²) >= 11 is 0. The highest BCUT2D eigenvalue weighted by molar-refractivity contribution is 6.03. The molecule has 1 aliphatic rings. The van der Waals surface area contributed by atoms with Crippen LogP contribution in [0.25, 0.3) is 0 Å². The Bertz CT molecular complexity index is 2180. The molecule has 1 saturated heterocycles. The topological polar surface area (TPSA) is 130 Å². The van der Waals surface area contributed by atoms with Gasteiger partial charge in [-0.25, -0.2) is 4.79 Å². The molecule has 7 rings (SSSR count). The van der Waals surface area contributed by atoms with Crippen molar-refractivity contribution in [1.29, 1.82) is 0 Å². The van der Waals surface area contributed by atoms with Crippen LogP contribution in [0.2, 0.25) is 0 Å². The molecule has 0 saturated carbocycles. The van der Waals surface area contributed by atoms with E-state index in [0.717, 1.165) is 22.3 Å². The number of benzene rings is 5. The number of nitrogens with one attached hydrogen (secondary N) is 1. The van der Waals surface area contributed by atoms with Gasteiger partial charge in [0.2, 0.25) is 0 Å². The van der Waals surface area contributed by atoms with Crippen LogP contribution in [-0.2, 0) is 50.1 Å². The van der Waals surface area contributed by atoms with E-state index in [1.807, 2.05) is 121 Å². The monoisotopic (exact) mass is 767 g/mol. The van der Waals surface area contributed by atoms with Crippen LogP contribution in [-0.4, -0.2) is 57.7 Å². The lowest BCUT2D eigenvalue weighted by Crippen LogP contribution is -2.51. The Kier molecular flexibility index (Phi) is 13.8. The molecule has 2 heterocycles. The molecule has 1 aliphatic heterocycles. The molecule has 5 aromatic carbocycles. The Labute approximate surface area is 331 Å². The van der Waals surface area contributed by atoms with Crippen LogP contribution < -0.4 is 11.0 Å². The first kappa shape index (κ1) is 39.4. The van der Waals surface area contributed by atoms with Gasteiger partial charge in [0.15, 0.2) is 6.23 Å². The molecule has 11 heteroatoms. The number of ether oxygens (including phenoxy) is 5. The number of carbonyl (C=O) groups is 1. The number of anilines is 1. The minimum atomic E-state index is -1.47. The van der Waals surface area contributed by atoms with Gasteiger partial charge in [0.05, 0.1) is 33.0 Å². The van der Waals surface area contributed by atoms with Gasteiger partial charge in [-0.2, -0.15) is 4.98 Å². The summed E-state index contributed by atoms with van der Waals surface area (Å²) in [6.07, 6.45) is -5.11. The normalized spacial score (nSPS) is 20.7. The molecule has 0 aliphatic carbocycles. The third-order valence-corrected chi connectivity index (χ3v) is 9.59. The molecule has 292 valence electrons. The van der Waals surface area contributed by atoms with Crippen molar-refractivity contribution >= 4 is 11.7 Å². The maximum Gasteiger partial charge on any atom is 0.351 e. The van der Waals surface area contributed by atoms with E-state index in [-0.39, 0.29) is 38.9 Å². The summed E-state index contributed by atoms with van der Waals surface area (Å²) in [5, 5.41) is 15.1. The van der Waals surface area contributed by atoms with Crippen LogP contribution in [0.5, 0.6) is 0 Å². The maximum absolute atomic E-state index is 13.9. The van der Waals surface area contributed by atoms with E-state index in [9.17, 15) is 14.7 Å². The predicted octanol–water partition coefficient (Wildman–Crippen LogP) is 6.73. The van der Waals surface area contributed by atoms with Gasteiger partial charge in [-0.1, -0.05) is 140 Å². The quantitative estimate of drug-likeness (QED) is 0.110. The van der Waals surface area contributed by atoms with Crippen LogP contribution in [0.15, 0.2) is 169 Å². The molecule has 0 radical (unpaired) electrons. The molecule has 1 amide bonds. The molecule has 11 nitrogen and oxygen atoms in total. The van der Waals surface area contributed by atoms with E-state index >= 15 is 0 Å². The average Bonchev–Trinajstić information content (AvgIpc) is 3.36. The van der Waals surface area contributed by atoms with Gasteiger partial charge in [0, 0.05) is 11.8 Å². The minimum absolute atomic E-state index is 0.0154. The van der Waals surface area contributed by atoms with Gasteiger partial charge in [0.1, 0.15) is 36.3 Å². The lowest BCUT2D eigenvalue weighted by atomic mass is 9.99. The van der Waals surface area contributed by atoms with Crippen LogP contribution in [0.3, 0.4) is 0 Å². The van der Waals surface area contributed by atoms with Crippen molar-refractivity contribution in [1.82, 2.24) is 9.55 Å². The second kappa shape index (κ2) is 19.9. The van der Waals surface area contributed by atoms with E-state index in [4.69, 9.17) is 23.7 Å². The lowest BCUT2D eigenvalue weighted by Gasteiger charge is -2.35. The summed E-state index contributed by atoms with van der Waals surface area (Å²) in [7, 11) is 0. The van der Waals surface area contributed by atoms with Crippen molar-refractivity contribution < 1.29 is 33.6 Å².